The average molecular weight is 213 g/mol. The highest BCUT2D eigenvalue weighted by atomic mass is 19.1. The Bertz CT molecular complexity index is 347. The van der Waals surface area contributed by atoms with E-state index in [1.165, 1.54) is 12.1 Å². The van der Waals surface area contributed by atoms with E-state index in [2.05, 4.69) is 5.32 Å². The molecule has 0 heterocycles. The predicted octanol–water partition coefficient (Wildman–Crippen LogP) is 2.10. The van der Waals surface area contributed by atoms with E-state index in [0.717, 1.165) is 0 Å². The molecule has 0 aliphatic rings. The number of hydrogen-bond acceptors (Lipinski definition) is 3. The lowest BCUT2D eigenvalue weighted by atomic mass is 10.0. The van der Waals surface area contributed by atoms with Gasteiger partial charge in [-0.2, -0.15) is 0 Å². The molecule has 0 aliphatic carbocycles. The lowest BCUT2D eigenvalue weighted by molar-refractivity contribution is 0.0649. The van der Waals surface area contributed by atoms with Gasteiger partial charge in [0.15, 0.2) is 11.6 Å². The number of halogens is 1. The van der Waals surface area contributed by atoms with Crippen molar-refractivity contribution < 1.29 is 14.6 Å². The molecule has 0 aliphatic heterocycles. The highest BCUT2D eigenvalue weighted by molar-refractivity contribution is 5.47. The molecule has 1 rings (SSSR count). The molecule has 1 aromatic rings. The summed E-state index contributed by atoms with van der Waals surface area (Å²) >= 11 is 0. The molecule has 84 valence electrons. The van der Waals surface area contributed by atoms with Crippen molar-refractivity contribution >= 4 is 5.69 Å². The lowest BCUT2D eigenvalue weighted by Crippen LogP contribution is -2.39. The average Bonchev–Trinajstić information content (AvgIpc) is 2.10. The minimum absolute atomic E-state index is 0.221. The van der Waals surface area contributed by atoms with Crippen LogP contribution in [0.15, 0.2) is 18.2 Å². The molecule has 0 bridgehead atoms. The second kappa shape index (κ2) is 4.06. The van der Waals surface area contributed by atoms with Gasteiger partial charge < -0.3 is 15.5 Å². The molecule has 4 heteroatoms. The largest absolute Gasteiger partial charge is 0.505 e. The van der Waals surface area contributed by atoms with Crippen LogP contribution in [-0.4, -0.2) is 21.9 Å². The fourth-order valence-electron chi connectivity index (χ4n) is 1.02. The molecule has 3 nitrogen and oxygen atoms in total. The summed E-state index contributed by atoms with van der Waals surface area (Å²) in [5.74, 6) is -1.06. The number of phenols is 1. The zero-order chi connectivity index (χ0) is 11.6. The highest BCUT2D eigenvalue weighted by Gasteiger charge is 2.22. The summed E-state index contributed by atoms with van der Waals surface area (Å²) in [6.45, 7) is 5.13. The van der Waals surface area contributed by atoms with Crippen LogP contribution in [0.2, 0.25) is 0 Å². The molecule has 0 saturated heterocycles. The Kier molecular flexibility index (Phi) is 3.19. The van der Waals surface area contributed by atoms with Gasteiger partial charge in [-0.05, 0) is 32.9 Å². The van der Waals surface area contributed by atoms with Gasteiger partial charge in [0.25, 0.3) is 0 Å². The van der Waals surface area contributed by atoms with E-state index < -0.39 is 11.4 Å². The maximum absolute atomic E-state index is 13.0. The smallest absolute Gasteiger partial charge is 0.166 e. The van der Waals surface area contributed by atoms with Crippen LogP contribution in [0.1, 0.15) is 20.8 Å². The van der Waals surface area contributed by atoms with Crippen molar-refractivity contribution in [1.82, 2.24) is 0 Å². The van der Waals surface area contributed by atoms with E-state index in [4.69, 9.17) is 5.11 Å². The molecule has 0 amide bonds. The van der Waals surface area contributed by atoms with Crippen molar-refractivity contribution in [3.63, 3.8) is 0 Å². The maximum atomic E-state index is 13.0. The summed E-state index contributed by atoms with van der Waals surface area (Å²) in [4.78, 5) is 0. The molecule has 0 radical (unpaired) electrons. The third kappa shape index (κ3) is 3.09. The molecule has 1 unspecified atom stereocenters. The zero-order valence-electron chi connectivity index (χ0n) is 9.08. The second-order valence-electron chi connectivity index (χ2n) is 4.19. The van der Waals surface area contributed by atoms with Gasteiger partial charge in [0.2, 0.25) is 0 Å². The molecule has 1 atom stereocenters. The Morgan fingerprint density at radius 3 is 2.47 bits per heavy atom. The highest BCUT2D eigenvalue weighted by Crippen LogP contribution is 2.21. The first-order chi connectivity index (χ1) is 6.80. The van der Waals surface area contributed by atoms with Gasteiger partial charge in [0, 0.05) is 11.8 Å². The molecule has 3 N–H and O–H groups in total. The van der Waals surface area contributed by atoms with Crippen LogP contribution in [0.4, 0.5) is 10.1 Å². The Hall–Kier alpha value is -1.29. The summed E-state index contributed by atoms with van der Waals surface area (Å²) < 4.78 is 13.0. The lowest BCUT2D eigenvalue weighted by Gasteiger charge is -2.27. The minimum Gasteiger partial charge on any atom is -0.505 e. The van der Waals surface area contributed by atoms with Crippen molar-refractivity contribution in [3.8, 4) is 5.75 Å². The Labute approximate surface area is 88.6 Å². The summed E-state index contributed by atoms with van der Waals surface area (Å²) in [5, 5.41) is 21.6. The van der Waals surface area contributed by atoms with Crippen LogP contribution in [0, 0.1) is 5.82 Å². The van der Waals surface area contributed by atoms with Gasteiger partial charge in [0.1, 0.15) is 0 Å². The van der Waals surface area contributed by atoms with Crippen LogP contribution < -0.4 is 5.32 Å². The summed E-state index contributed by atoms with van der Waals surface area (Å²) in [7, 11) is 0. The van der Waals surface area contributed by atoms with Crippen LogP contribution in [0.5, 0.6) is 5.75 Å². The Balaban J connectivity index is 2.78. The number of aliphatic hydroxyl groups is 1. The summed E-state index contributed by atoms with van der Waals surface area (Å²) in [5.41, 5.74) is -0.367. The van der Waals surface area contributed by atoms with Gasteiger partial charge in [0.05, 0.1) is 11.6 Å². The first kappa shape index (κ1) is 11.8. The van der Waals surface area contributed by atoms with E-state index in [0.29, 0.717) is 5.69 Å². The standard InChI is InChI=1S/C11H16FNO2/c1-7(11(2,3)15)13-8-4-5-10(14)9(12)6-8/h4-7,13-15H,1-3H3. The predicted molar refractivity (Wildman–Crippen MR) is 57.4 cm³/mol. The van der Waals surface area contributed by atoms with Gasteiger partial charge in [-0.25, -0.2) is 4.39 Å². The van der Waals surface area contributed by atoms with E-state index in [-0.39, 0.29) is 11.8 Å². The van der Waals surface area contributed by atoms with Crippen molar-refractivity contribution in [3.05, 3.63) is 24.0 Å². The maximum Gasteiger partial charge on any atom is 0.166 e. The monoisotopic (exact) mass is 213 g/mol. The fraction of sp³-hybridized carbons (Fsp3) is 0.455. The van der Waals surface area contributed by atoms with Crippen molar-refractivity contribution in [2.24, 2.45) is 0 Å². The Morgan fingerprint density at radius 2 is 2.00 bits per heavy atom. The number of rotatable bonds is 3. The molecule has 1 aromatic carbocycles. The molecule has 15 heavy (non-hydrogen) atoms. The van der Waals surface area contributed by atoms with Crippen molar-refractivity contribution in [1.29, 1.82) is 0 Å². The van der Waals surface area contributed by atoms with E-state index in [1.54, 1.807) is 26.8 Å². The third-order valence-electron chi connectivity index (χ3n) is 2.39. The number of anilines is 1. The van der Waals surface area contributed by atoms with Gasteiger partial charge in [-0.15, -0.1) is 0 Å². The van der Waals surface area contributed by atoms with Crippen LogP contribution in [-0.2, 0) is 0 Å². The summed E-state index contributed by atoms with van der Waals surface area (Å²) in [6, 6.07) is 3.80. The quantitative estimate of drug-likeness (QED) is 0.674. The molecule has 0 saturated carbocycles. The number of benzene rings is 1. The van der Waals surface area contributed by atoms with E-state index >= 15 is 0 Å². The van der Waals surface area contributed by atoms with Crippen LogP contribution in [0.3, 0.4) is 0 Å². The van der Waals surface area contributed by atoms with Gasteiger partial charge in [-0.3, -0.25) is 0 Å². The molecule has 0 spiro atoms. The molecule has 0 aromatic heterocycles. The Morgan fingerprint density at radius 1 is 1.40 bits per heavy atom. The normalized spacial score (nSPS) is 13.7. The number of phenolic OH excluding ortho intramolecular Hbond substituents is 1. The number of aromatic hydroxyl groups is 1. The van der Waals surface area contributed by atoms with Gasteiger partial charge >= 0.3 is 0 Å². The molecular formula is C11H16FNO2. The third-order valence-corrected chi connectivity index (χ3v) is 2.39. The van der Waals surface area contributed by atoms with Crippen molar-refractivity contribution in [2.45, 2.75) is 32.4 Å². The topological polar surface area (TPSA) is 52.5 Å². The van der Waals surface area contributed by atoms with Crippen LogP contribution >= 0.6 is 0 Å². The molecular weight excluding hydrogens is 197 g/mol. The van der Waals surface area contributed by atoms with E-state index in [9.17, 15) is 9.50 Å². The van der Waals surface area contributed by atoms with Crippen molar-refractivity contribution in [2.75, 3.05) is 5.32 Å². The van der Waals surface area contributed by atoms with E-state index in [1.807, 2.05) is 0 Å². The first-order valence-electron chi connectivity index (χ1n) is 4.78. The molecule has 0 fully saturated rings. The van der Waals surface area contributed by atoms with Gasteiger partial charge in [-0.1, -0.05) is 0 Å². The SMILES string of the molecule is CC(Nc1ccc(O)c(F)c1)C(C)(C)O. The first-order valence-corrected chi connectivity index (χ1v) is 4.78. The second-order valence-corrected chi connectivity index (χ2v) is 4.19. The fourth-order valence-corrected chi connectivity index (χ4v) is 1.02. The number of nitrogens with one attached hydrogen (secondary N) is 1. The zero-order valence-corrected chi connectivity index (χ0v) is 9.08. The number of hydrogen-bond donors (Lipinski definition) is 3. The van der Waals surface area contributed by atoms with Crippen LogP contribution in [0.25, 0.3) is 0 Å². The minimum atomic E-state index is -0.894. The summed E-state index contributed by atoms with van der Waals surface area (Å²) in [6.07, 6.45) is 0.